The molecule has 0 aliphatic heterocycles. The number of ether oxygens (including phenoxy) is 2. The highest BCUT2D eigenvalue weighted by molar-refractivity contribution is 7.20. The maximum Gasteiger partial charge on any atom is 0.348 e. The summed E-state index contributed by atoms with van der Waals surface area (Å²) in [6.45, 7) is 7.96. The molecule has 0 amide bonds. The van der Waals surface area contributed by atoms with Gasteiger partial charge in [0.2, 0.25) is 0 Å². The van der Waals surface area contributed by atoms with Gasteiger partial charge in [0, 0.05) is 0 Å². The van der Waals surface area contributed by atoms with Crippen LogP contribution in [-0.2, 0) is 20.8 Å². The van der Waals surface area contributed by atoms with Crippen LogP contribution in [0.4, 0.5) is 0 Å². The Hall–Kier alpha value is -2.22. The molecular formula is C21H28N2O5S. The number of carbonyl (C=O) groups excluding carboxylic acids is 2. The van der Waals surface area contributed by atoms with Crippen molar-refractivity contribution in [1.29, 1.82) is 0 Å². The fraction of sp³-hybridized carbons (Fsp3) is 0.619. The van der Waals surface area contributed by atoms with Crippen LogP contribution in [0.25, 0.3) is 10.2 Å². The molecule has 0 spiro atoms. The first-order chi connectivity index (χ1) is 13.8. The Labute approximate surface area is 174 Å². The molecule has 7 nitrogen and oxygen atoms in total. The molecule has 0 radical (unpaired) electrons. The Balaban J connectivity index is 1.75. The molecular weight excluding hydrogens is 392 g/mol. The SMILES string of the molecule is Cc1c(C(=O)OCC(C)C)sc2ncn(CC(=O)OC3CCC(C)CC3)c(=O)c12. The summed E-state index contributed by atoms with van der Waals surface area (Å²) in [7, 11) is 0. The second kappa shape index (κ2) is 9.07. The molecule has 0 unspecified atom stereocenters. The van der Waals surface area contributed by atoms with Gasteiger partial charge in [-0.2, -0.15) is 0 Å². The van der Waals surface area contributed by atoms with Crippen molar-refractivity contribution in [3.05, 3.63) is 27.1 Å². The fourth-order valence-corrected chi connectivity index (χ4v) is 4.52. The molecule has 0 N–H and O–H groups in total. The Morgan fingerprint density at radius 2 is 1.97 bits per heavy atom. The quantitative estimate of drug-likeness (QED) is 0.662. The van der Waals surface area contributed by atoms with Gasteiger partial charge in [0.25, 0.3) is 5.56 Å². The maximum absolute atomic E-state index is 12.9. The molecule has 3 rings (SSSR count). The van der Waals surface area contributed by atoms with E-state index in [0.29, 0.717) is 33.2 Å². The van der Waals surface area contributed by atoms with Gasteiger partial charge in [-0.05, 0) is 50.0 Å². The van der Waals surface area contributed by atoms with Crippen LogP contribution in [0.3, 0.4) is 0 Å². The van der Waals surface area contributed by atoms with Gasteiger partial charge in [-0.15, -0.1) is 11.3 Å². The molecule has 0 saturated heterocycles. The number of thiophene rings is 1. The summed E-state index contributed by atoms with van der Waals surface area (Å²) in [4.78, 5) is 42.7. The second-order valence-corrected chi connectivity index (χ2v) is 9.28. The van der Waals surface area contributed by atoms with Gasteiger partial charge in [-0.25, -0.2) is 9.78 Å². The number of hydrogen-bond donors (Lipinski definition) is 0. The highest BCUT2D eigenvalue weighted by Crippen LogP contribution is 2.28. The third-order valence-electron chi connectivity index (χ3n) is 5.21. The standard InChI is InChI=1S/C21H28N2O5S/c1-12(2)10-27-21(26)18-14(4)17-19(29-18)22-11-23(20(17)25)9-16(24)28-15-7-5-13(3)6-8-15/h11-13,15H,5-10H2,1-4H3. The number of aryl methyl sites for hydroxylation is 1. The molecule has 0 aromatic carbocycles. The van der Waals surface area contributed by atoms with Crippen LogP contribution >= 0.6 is 11.3 Å². The third kappa shape index (κ3) is 5.04. The van der Waals surface area contributed by atoms with E-state index in [1.807, 2.05) is 13.8 Å². The number of carbonyl (C=O) groups is 2. The third-order valence-corrected chi connectivity index (χ3v) is 6.39. The topological polar surface area (TPSA) is 87.5 Å². The van der Waals surface area contributed by atoms with Gasteiger partial charge in [0.05, 0.1) is 18.3 Å². The van der Waals surface area contributed by atoms with E-state index in [0.717, 1.165) is 37.0 Å². The summed E-state index contributed by atoms with van der Waals surface area (Å²) < 4.78 is 12.1. The van der Waals surface area contributed by atoms with Gasteiger partial charge in [0.15, 0.2) is 0 Å². The van der Waals surface area contributed by atoms with Crippen molar-refractivity contribution in [2.45, 2.75) is 66.0 Å². The van der Waals surface area contributed by atoms with Gasteiger partial charge in [-0.3, -0.25) is 14.2 Å². The van der Waals surface area contributed by atoms with Crippen molar-refractivity contribution >= 4 is 33.5 Å². The van der Waals surface area contributed by atoms with Gasteiger partial charge in [0.1, 0.15) is 22.4 Å². The van der Waals surface area contributed by atoms with E-state index in [9.17, 15) is 14.4 Å². The van der Waals surface area contributed by atoms with Crippen LogP contribution < -0.4 is 5.56 Å². The number of fused-ring (bicyclic) bond motifs is 1. The molecule has 158 valence electrons. The van der Waals surface area contributed by atoms with Crippen LogP contribution in [0.2, 0.25) is 0 Å². The van der Waals surface area contributed by atoms with Crippen molar-refractivity contribution in [3.63, 3.8) is 0 Å². The Morgan fingerprint density at radius 3 is 2.62 bits per heavy atom. The zero-order valence-electron chi connectivity index (χ0n) is 17.4. The number of esters is 2. The predicted molar refractivity (Wildman–Crippen MR) is 111 cm³/mol. The minimum Gasteiger partial charge on any atom is -0.461 e. The van der Waals surface area contributed by atoms with Crippen molar-refractivity contribution < 1.29 is 19.1 Å². The lowest BCUT2D eigenvalue weighted by Gasteiger charge is -2.26. The van der Waals surface area contributed by atoms with E-state index in [1.165, 1.54) is 10.9 Å². The normalized spacial score (nSPS) is 19.5. The molecule has 0 bridgehead atoms. The highest BCUT2D eigenvalue weighted by Gasteiger charge is 2.24. The van der Waals surface area contributed by atoms with Crippen molar-refractivity contribution in [1.82, 2.24) is 9.55 Å². The lowest BCUT2D eigenvalue weighted by atomic mass is 9.89. The largest absolute Gasteiger partial charge is 0.461 e. The summed E-state index contributed by atoms with van der Waals surface area (Å²) in [5.41, 5.74) is 0.195. The van der Waals surface area contributed by atoms with Crippen LogP contribution in [0.15, 0.2) is 11.1 Å². The van der Waals surface area contributed by atoms with Crippen LogP contribution in [0.5, 0.6) is 0 Å². The average molecular weight is 421 g/mol. The highest BCUT2D eigenvalue weighted by atomic mass is 32.1. The zero-order chi connectivity index (χ0) is 21.1. The average Bonchev–Trinajstić information content (AvgIpc) is 3.01. The summed E-state index contributed by atoms with van der Waals surface area (Å²) in [5.74, 6) is 0.0119. The van der Waals surface area contributed by atoms with E-state index >= 15 is 0 Å². The first-order valence-electron chi connectivity index (χ1n) is 10.1. The molecule has 2 aromatic rings. The van der Waals surface area contributed by atoms with Gasteiger partial charge < -0.3 is 9.47 Å². The summed E-state index contributed by atoms with van der Waals surface area (Å²) in [6, 6.07) is 0. The lowest BCUT2D eigenvalue weighted by Crippen LogP contribution is -2.29. The first kappa shape index (κ1) is 21.5. The smallest absolute Gasteiger partial charge is 0.348 e. The Bertz CT molecular complexity index is 954. The lowest BCUT2D eigenvalue weighted by molar-refractivity contribution is -0.151. The van der Waals surface area contributed by atoms with Crippen molar-refractivity contribution in [2.24, 2.45) is 11.8 Å². The van der Waals surface area contributed by atoms with Crippen LogP contribution in [0.1, 0.15) is 61.7 Å². The number of nitrogens with zero attached hydrogens (tertiary/aromatic N) is 2. The van der Waals surface area contributed by atoms with Crippen LogP contribution in [0, 0.1) is 18.8 Å². The van der Waals surface area contributed by atoms with Crippen molar-refractivity contribution in [3.8, 4) is 0 Å². The molecule has 0 atom stereocenters. The molecule has 1 aliphatic rings. The molecule has 1 aliphatic carbocycles. The summed E-state index contributed by atoms with van der Waals surface area (Å²) in [5, 5.41) is 0.355. The van der Waals surface area contributed by atoms with Crippen molar-refractivity contribution in [2.75, 3.05) is 6.61 Å². The Morgan fingerprint density at radius 1 is 1.28 bits per heavy atom. The summed E-state index contributed by atoms with van der Waals surface area (Å²) >= 11 is 1.14. The molecule has 29 heavy (non-hydrogen) atoms. The Kier molecular flexibility index (Phi) is 6.72. The first-order valence-corrected chi connectivity index (χ1v) is 10.9. The molecule has 2 aromatic heterocycles. The molecule has 8 heteroatoms. The maximum atomic E-state index is 12.9. The predicted octanol–water partition coefficient (Wildman–Crippen LogP) is 3.70. The fourth-order valence-electron chi connectivity index (χ4n) is 3.48. The minimum absolute atomic E-state index is 0.0729. The number of aromatic nitrogens is 2. The zero-order valence-corrected chi connectivity index (χ0v) is 18.2. The van der Waals surface area contributed by atoms with E-state index < -0.39 is 11.9 Å². The minimum atomic E-state index is -0.448. The molecule has 1 fully saturated rings. The van der Waals surface area contributed by atoms with E-state index in [4.69, 9.17) is 9.47 Å². The van der Waals surface area contributed by atoms with Gasteiger partial charge in [-0.1, -0.05) is 20.8 Å². The van der Waals surface area contributed by atoms with Gasteiger partial charge >= 0.3 is 11.9 Å². The number of hydrogen-bond acceptors (Lipinski definition) is 7. The summed E-state index contributed by atoms with van der Waals surface area (Å²) in [6.07, 6.45) is 5.10. The second-order valence-electron chi connectivity index (χ2n) is 8.28. The number of rotatable bonds is 6. The van der Waals surface area contributed by atoms with E-state index in [2.05, 4.69) is 11.9 Å². The van der Waals surface area contributed by atoms with E-state index in [1.54, 1.807) is 6.92 Å². The monoisotopic (exact) mass is 420 g/mol. The van der Waals surface area contributed by atoms with Crippen LogP contribution in [-0.4, -0.2) is 34.2 Å². The van der Waals surface area contributed by atoms with E-state index in [-0.39, 0.29) is 24.1 Å². The molecule has 1 saturated carbocycles. The molecule has 2 heterocycles.